The van der Waals surface area contributed by atoms with Crippen molar-refractivity contribution >= 4 is 28.6 Å². The molecule has 0 spiro atoms. The average molecular weight is 465 g/mol. The number of carbonyl (C=O) groups is 1. The number of ether oxygens (including phenoxy) is 1. The zero-order valence-electron chi connectivity index (χ0n) is 18.4. The second-order valence-corrected chi connectivity index (χ2v) is 8.84. The van der Waals surface area contributed by atoms with Crippen molar-refractivity contribution in [3.8, 4) is 22.3 Å². The summed E-state index contributed by atoms with van der Waals surface area (Å²) >= 11 is 1.32. The summed E-state index contributed by atoms with van der Waals surface area (Å²) in [6.07, 6.45) is 2.45. The minimum Gasteiger partial charge on any atom is -0.491 e. The number of hydrogen-bond acceptors (Lipinski definition) is 6. The normalized spacial score (nSPS) is 13.5. The van der Waals surface area contributed by atoms with Crippen molar-refractivity contribution in [2.75, 3.05) is 43.9 Å². The summed E-state index contributed by atoms with van der Waals surface area (Å²) in [7, 11) is 1.75. The molecule has 2 aromatic carbocycles. The minimum atomic E-state index is -0.307. The zero-order chi connectivity index (χ0) is 23.2. The molecule has 0 aliphatic carbocycles. The van der Waals surface area contributed by atoms with E-state index in [0.717, 1.165) is 30.1 Å². The van der Waals surface area contributed by atoms with Crippen LogP contribution in [-0.4, -0.2) is 44.1 Å². The second-order valence-electron chi connectivity index (χ2n) is 7.78. The van der Waals surface area contributed by atoms with Crippen LogP contribution in [0.1, 0.15) is 28.1 Å². The molecule has 0 radical (unpaired) electrons. The first-order chi connectivity index (χ1) is 16.1. The lowest BCUT2D eigenvalue weighted by molar-refractivity contribution is 0.103. The van der Waals surface area contributed by atoms with E-state index in [1.165, 1.54) is 36.3 Å². The quantitative estimate of drug-likeness (QED) is 0.480. The van der Waals surface area contributed by atoms with Gasteiger partial charge in [-0.3, -0.25) is 9.69 Å². The molecule has 8 heteroatoms. The van der Waals surface area contributed by atoms with Gasteiger partial charge in [0.05, 0.1) is 11.3 Å². The number of nitrogens with one attached hydrogen (secondary N) is 2. The molecule has 0 unspecified atom stereocenters. The molecule has 4 rings (SSSR count). The van der Waals surface area contributed by atoms with Crippen molar-refractivity contribution in [2.45, 2.75) is 12.8 Å². The lowest BCUT2D eigenvalue weighted by Crippen LogP contribution is -2.25. The molecule has 1 aromatic heterocycles. The molecule has 33 heavy (non-hydrogen) atoms. The number of halogens is 1. The third-order valence-corrected chi connectivity index (χ3v) is 6.74. The second kappa shape index (κ2) is 10.5. The van der Waals surface area contributed by atoms with Gasteiger partial charge in [0.15, 0.2) is 0 Å². The maximum absolute atomic E-state index is 13.2. The number of nitriles is 1. The molecule has 2 heterocycles. The fourth-order valence-corrected chi connectivity index (χ4v) is 4.87. The highest BCUT2D eigenvalue weighted by Crippen LogP contribution is 2.35. The van der Waals surface area contributed by atoms with E-state index < -0.39 is 0 Å². The maximum atomic E-state index is 13.2. The largest absolute Gasteiger partial charge is 0.491 e. The van der Waals surface area contributed by atoms with Crippen molar-refractivity contribution in [2.24, 2.45) is 0 Å². The van der Waals surface area contributed by atoms with Crippen molar-refractivity contribution in [1.82, 2.24) is 4.90 Å². The van der Waals surface area contributed by atoms with Gasteiger partial charge in [0.1, 0.15) is 29.1 Å². The maximum Gasteiger partial charge on any atom is 0.267 e. The summed E-state index contributed by atoms with van der Waals surface area (Å²) in [5, 5.41) is 15.5. The Bertz CT molecular complexity index is 1160. The Balaban J connectivity index is 1.45. The summed E-state index contributed by atoms with van der Waals surface area (Å²) in [5.74, 6) is -0.0801. The van der Waals surface area contributed by atoms with Gasteiger partial charge in [-0.15, -0.1) is 11.3 Å². The van der Waals surface area contributed by atoms with Crippen LogP contribution in [-0.2, 0) is 0 Å². The number of thiophene rings is 1. The number of rotatable bonds is 8. The molecule has 170 valence electrons. The van der Waals surface area contributed by atoms with Crippen LogP contribution in [0.25, 0.3) is 10.4 Å². The molecule has 1 fully saturated rings. The Kier molecular flexibility index (Phi) is 7.23. The zero-order valence-corrected chi connectivity index (χ0v) is 19.2. The fraction of sp³-hybridized carbons (Fsp3) is 0.280. The first-order valence-corrected chi connectivity index (χ1v) is 11.7. The van der Waals surface area contributed by atoms with Gasteiger partial charge in [0.25, 0.3) is 5.91 Å². The monoisotopic (exact) mass is 464 g/mol. The van der Waals surface area contributed by atoms with Crippen molar-refractivity contribution in [3.05, 3.63) is 64.8 Å². The van der Waals surface area contributed by atoms with Crippen LogP contribution in [0.15, 0.2) is 48.5 Å². The van der Waals surface area contributed by atoms with Gasteiger partial charge >= 0.3 is 0 Å². The number of likely N-dealkylation sites (tertiary alicyclic amines) is 1. The van der Waals surface area contributed by atoms with Crippen LogP contribution in [0.3, 0.4) is 0 Å². The van der Waals surface area contributed by atoms with Crippen molar-refractivity contribution < 1.29 is 13.9 Å². The van der Waals surface area contributed by atoms with E-state index in [1.807, 2.05) is 6.07 Å². The van der Waals surface area contributed by atoms with Gasteiger partial charge in [0, 0.05) is 24.2 Å². The van der Waals surface area contributed by atoms with E-state index in [4.69, 9.17) is 4.74 Å². The Morgan fingerprint density at radius 3 is 2.64 bits per heavy atom. The topological polar surface area (TPSA) is 77.4 Å². The summed E-state index contributed by atoms with van der Waals surface area (Å²) < 4.78 is 19.1. The van der Waals surface area contributed by atoms with Crippen LogP contribution in [0.2, 0.25) is 0 Å². The van der Waals surface area contributed by atoms with Crippen LogP contribution in [0.5, 0.6) is 5.75 Å². The van der Waals surface area contributed by atoms with Gasteiger partial charge in [-0.05, 0) is 67.9 Å². The Morgan fingerprint density at radius 1 is 1.18 bits per heavy atom. The van der Waals surface area contributed by atoms with Crippen LogP contribution >= 0.6 is 11.3 Å². The first kappa shape index (κ1) is 22.8. The number of amides is 1. The summed E-state index contributed by atoms with van der Waals surface area (Å²) in [6.45, 7) is 3.55. The third kappa shape index (κ3) is 5.51. The van der Waals surface area contributed by atoms with E-state index in [1.54, 1.807) is 37.4 Å². The number of benzene rings is 2. The van der Waals surface area contributed by atoms with E-state index >= 15 is 0 Å². The van der Waals surface area contributed by atoms with Crippen LogP contribution < -0.4 is 15.4 Å². The Labute approximate surface area is 196 Å². The molecule has 1 aliphatic heterocycles. The van der Waals surface area contributed by atoms with Gasteiger partial charge in [-0.1, -0.05) is 12.1 Å². The fourth-order valence-electron chi connectivity index (χ4n) is 3.80. The summed E-state index contributed by atoms with van der Waals surface area (Å²) in [5.41, 5.74) is 2.40. The SMILES string of the molecule is CNc1cc(-c2ccc(F)cc2)sc1C(=O)Nc1ccc(OCCN2CCCC2)c(C#N)c1. The lowest BCUT2D eigenvalue weighted by atomic mass is 10.1. The van der Waals surface area contributed by atoms with E-state index in [0.29, 0.717) is 34.2 Å². The molecule has 1 amide bonds. The first-order valence-electron chi connectivity index (χ1n) is 10.9. The predicted molar refractivity (Wildman–Crippen MR) is 130 cm³/mol. The molecular formula is C25H25FN4O2S. The molecule has 1 saturated heterocycles. The summed E-state index contributed by atoms with van der Waals surface area (Å²) in [4.78, 5) is 16.7. The number of carbonyl (C=O) groups excluding carboxylic acids is 1. The smallest absolute Gasteiger partial charge is 0.267 e. The molecule has 3 aromatic rings. The highest BCUT2D eigenvalue weighted by atomic mass is 32.1. The van der Waals surface area contributed by atoms with Gasteiger partial charge < -0.3 is 15.4 Å². The highest BCUT2D eigenvalue weighted by molar-refractivity contribution is 7.18. The van der Waals surface area contributed by atoms with Gasteiger partial charge in [-0.2, -0.15) is 5.26 Å². The standard InChI is InChI=1S/C25H25FN4O2S/c1-28-21-15-23(17-4-6-19(26)7-5-17)33-24(21)25(31)29-20-8-9-22(18(14-20)16-27)32-13-12-30-10-2-3-11-30/h4-9,14-15,28H,2-3,10-13H2,1H3,(H,29,31). The van der Waals surface area contributed by atoms with Crippen LogP contribution in [0.4, 0.5) is 15.8 Å². The molecule has 6 nitrogen and oxygen atoms in total. The Morgan fingerprint density at radius 2 is 1.94 bits per heavy atom. The molecular weight excluding hydrogens is 439 g/mol. The van der Waals surface area contributed by atoms with Crippen molar-refractivity contribution in [1.29, 1.82) is 5.26 Å². The Hall–Kier alpha value is -3.41. The average Bonchev–Trinajstić information content (AvgIpc) is 3.50. The molecule has 1 aliphatic rings. The third-order valence-electron chi connectivity index (χ3n) is 5.56. The number of hydrogen-bond donors (Lipinski definition) is 2. The predicted octanol–water partition coefficient (Wildman–Crippen LogP) is 5.19. The molecule has 2 N–H and O–H groups in total. The molecule has 0 saturated carbocycles. The minimum absolute atomic E-state index is 0.288. The number of nitrogens with zero attached hydrogens (tertiary/aromatic N) is 2. The van der Waals surface area contributed by atoms with E-state index in [9.17, 15) is 14.4 Å². The molecule has 0 atom stereocenters. The molecule has 0 bridgehead atoms. The summed E-state index contributed by atoms with van der Waals surface area (Å²) in [6, 6.07) is 15.2. The van der Waals surface area contributed by atoms with E-state index in [-0.39, 0.29) is 11.7 Å². The highest BCUT2D eigenvalue weighted by Gasteiger charge is 2.18. The number of anilines is 2. The van der Waals surface area contributed by atoms with Gasteiger partial charge in [0.2, 0.25) is 0 Å². The van der Waals surface area contributed by atoms with Gasteiger partial charge in [-0.25, -0.2) is 4.39 Å². The van der Waals surface area contributed by atoms with E-state index in [2.05, 4.69) is 21.6 Å². The van der Waals surface area contributed by atoms with Crippen molar-refractivity contribution in [3.63, 3.8) is 0 Å². The lowest BCUT2D eigenvalue weighted by Gasteiger charge is -2.15. The van der Waals surface area contributed by atoms with Crippen LogP contribution in [0, 0.1) is 17.1 Å².